The van der Waals surface area contributed by atoms with Crippen LogP contribution in [0.5, 0.6) is 0 Å². The molecule has 0 aliphatic rings. The first kappa shape index (κ1) is 17.6. The normalized spacial score (nSPS) is 9.55. The maximum absolute atomic E-state index is 11.0. The molecule has 0 saturated carbocycles. The molecule has 0 radical (unpaired) electrons. The van der Waals surface area contributed by atoms with E-state index in [0.29, 0.717) is 5.56 Å². The third kappa shape index (κ3) is 7.16. The zero-order chi connectivity index (χ0) is 15.6. The zero-order valence-electron chi connectivity index (χ0n) is 12.1. The molecule has 0 saturated heterocycles. The van der Waals surface area contributed by atoms with Gasteiger partial charge in [0.15, 0.2) is 0 Å². The van der Waals surface area contributed by atoms with Crippen LogP contribution in [0.3, 0.4) is 0 Å². The van der Waals surface area contributed by atoms with Gasteiger partial charge in [0.05, 0.1) is 23.5 Å². The molecule has 1 aromatic rings. The molecule has 20 heavy (non-hydrogen) atoms. The summed E-state index contributed by atoms with van der Waals surface area (Å²) >= 11 is 0. The largest absolute Gasteiger partial charge is 0.435 e. The minimum atomic E-state index is -0.422. The van der Waals surface area contributed by atoms with E-state index in [-0.39, 0.29) is 11.9 Å². The average Bonchev–Trinajstić information content (AvgIpc) is 2.40. The molecule has 0 aromatic heterocycles. The van der Waals surface area contributed by atoms with Gasteiger partial charge >= 0.3 is 11.9 Å². The Labute approximate surface area is 119 Å². The highest BCUT2D eigenvalue weighted by Crippen LogP contribution is 2.14. The van der Waals surface area contributed by atoms with E-state index >= 15 is 0 Å². The molecule has 0 heterocycles. The van der Waals surface area contributed by atoms with Gasteiger partial charge in [0.1, 0.15) is 0 Å². The van der Waals surface area contributed by atoms with Crippen molar-refractivity contribution in [2.75, 3.05) is 0 Å². The molecule has 1 aromatic carbocycles. The van der Waals surface area contributed by atoms with Crippen molar-refractivity contribution in [2.24, 2.45) is 5.41 Å². The quantitative estimate of drug-likeness (QED) is 0.624. The van der Waals surface area contributed by atoms with Crippen molar-refractivity contribution in [1.82, 2.24) is 0 Å². The highest BCUT2D eigenvalue weighted by molar-refractivity contribution is 5.89. The van der Waals surface area contributed by atoms with Crippen molar-refractivity contribution >= 4 is 11.9 Å². The first-order valence-electron chi connectivity index (χ1n) is 6.02. The first-order chi connectivity index (χ1) is 9.32. The summed E-state index contributed by atoms with van der Waals surface area (Å²) in [7, 11) is 0. The van der Waals surface area contributed by atoms with Crippen LogP contribution in [0.25, 0.3) is 0 Å². The Balaban J connectivity index is 0.000000370. The first-order valence-corrected chi connectivity index (χ1v) is 6.02. The van der Waals surface area contributed by atoms with Gasteiger partial charge in [-0.05, 0) is 32.9 Å². The van der Waals surface area contributed by atoms with Crippen LogP contribution in [0, 0.1) is 5.41 Å². The maximum Gasteiger partial charge on any atom is 0.342 e. The minimum Gasteiger partial charge on any atom is -0.435 e. The Morgan fingerprint density at radius 3 is 1.85 bits per heavy atom. The number of hydrogen-bond donors (Lipinski definition) is 0. The number of esters is 2. The summed E-state index contributed by atoms with van der Waals surface area (Å²) in [5.41, 5.74) is 0.112. The number of hydrogen-bond acceptors (Lipinski definition) is 4. The molecule has 0 N–H and O–H groups in total. The van der Waals surface area contributed by atoms with E-state index < -0.39 is 5.41 Å². The summed E-state index contributed by atoms with van der Waals surface area (Å²) in [5, 5.41) is 0. The standard InChI is InChI=1S/C9H8O2.C7H12O2/c1-2-11-9(10)8-6-4-3-5-7-8;1-5-9-6(8)7(2,3)4/h2-7H,1H2;5H,1H2,2-4H3. The topological polar surface area (TPSA) is 52.6 Å². The summed E-state index contributed by atoms with van der Waals surface area (Å²) in [6.07, 6.45) is 2.27. The molecule has 4 nitrogen and oxygen atoms in total. The molecule has 0 atom stereocenters. The lowest BCUT2D eigenvalue weighted by Gasteiger charge is -2.13. The molecule has 1 rings (SSSR count). The third-order valence-corrected chi connectivity index (χ3v) is 2.00. The van der Waals surface area contributed by atoms with Gasteiger partial charge in [-0.15, -0.1) is 0 Å². The molecule has 4 heteroatoms. The summed E-state index contributed by atoms with van der Waals surface area (Å²) in [5.74, 6) is -0.627. The van der Waals surface area contributed by atoms with Crippen LogP contribution in [-0.2, 0) is 14.3 Å². The summed E-state index contributed by atoms with van der Waals surface area (Å²) in [4.78, 5) is 21.7. The van der Waals surface area contributed by atoms with Crippen LogP contribution in [0.1, 0.15) is 31.1 Å². The molecule has 0 aliphatic carbocycles. The second kappa shape index (κ2) is 8.69. The van der Waals surface area contributed by atoms with Crippen LogP contribution < -0.4 is 0 Å². The molecule has 0 aliphatic heterocycles. The molecule has 0 fully saturated rings. The predicted octanol–water partition coefficient (Wildman–Crippen LogP) is 3.71. The van der Waals surface area contributed by atoms with Crippen molar-refractivity contribution in [1.29, 1.82) is 0 Å². The highest BCUT2D eigenvalue weighted by Gasteiger charge is 2.21. The van der Waals surface area contributed by atoms with Crippen molar-refractivity contribution in [3.63, 3.8) is 0 Å². The molecule has 0 amide bonds. The van der Waals surface area contributed by atoms with E-state index in [2.05, 4.69) is 22.6 Å². The summed E-state index contributed by atoms with van der Waals surface area (Å²) in [6.45, 7) is 11.9. The monoisotopic (exact) mass is 276 g/mol. The molecule has 0 bridgehead atoms. The number of carbonyl (C=O) groups excluding carboxylic acids is 2. The number of ether oxygens (including phenoxy) is 2. The SMILES string of the molecule is C=COC(=O)C(C)(C)C.C=COC(=O)c1ccccc1. The van der Waals surface area contributed by atoms with Crippen molar-refractivity contribution in [2.45, 2.75) is 20.8 Å². The third-order valence-electron chi connectivity index (χ3n) is 2.00. The second-order valence-electron chi connectivity index (χ2n) is 4.76. The lowest BCUT2D eigenvalue weighted by Crippen LogP contribution is -2.20. The molecule has 0 spiro atoms. The Morgan fingerprint density at radius 2 is 1.50 bits per heavy atom. The van der Waals surface area contributed by atoms with E-state index in [1.807, 2.05) is 6.07 Å². The van der Waals surface area contributed by atoms with Crippen molar-refractivity contribution in [3.05, 3.63) is 61.6 Å². The van der Waals surface area contributed by atoms with E-state index in [1.54, 1.807) is 45.0 Å². The lowest BCUT2D eigenvalue weighted by atomic mass is 9.98. The summed E-state index contributed by atoms with van der Waals surface area (Å²) < 4.78 is 9.08. The molecular weight excluding hydrogens is 256 g/mol. The number of rotatable bonds is 3. The lowest BCUT2D eigenvalue weighted by molar-refractivity contribution is -0.146. The Bertz CT molecular complexity index is 455. The maximum atomic E-state index is 11.0. The summed E-state index contributed by atoms with van der Waals surface area (Å²) in [6, 6.07) is 8.77. The smallest absolute Gasteiger partial charge is 0.342 e. The van der Waals surface area contributed by atoms with Gasteiger partial charge in [-0.2, -0.15) is 0 Å². The molecule has 108 valence electrons. The van der Waals surface area contributed by atoms with E-state index in [1.165, 1.54) is 0 Å². The van der Waals surface area contributed by atoms with E-state index in [4.69, 9.17) is 0 Å². The highest BCUT2D eigenvalue weighted by atomic mass is 16.5. The molecule has 0 unspecified atom stereocenters. The van der Waals surface area contributed by atoms with Crippen LogP contribution in [0.4, 0.5) is 0 Å². The van der Waals surface area contributed by atoms with Crippen molar-refractivity contribution in [3.8, 4) is 0 Å². The average molecular weight is 276 g/mol. The van der Waals surface area contributed by atoms with Gasteiger partial charge in [0.2, 0.25) is 0 Å². The fraction of sp³-hybridized carbons (Fsp3) is 0.250. The Kier molecular flexibility index (Phi) is 7.67. The van der Waals surface area contributed by atoms with Gasteiger partial charge in [-0.1, -0.05) is 31.4 Å². The Morgan fingerprint density at radius 1 is 1.00 bits per heavy atom. The van der Waals surface area contributed by atoms with Crippen LogP contribution >= 0.6 is 0 Å². The van der Waals surface area contributed by atoms with Crippen LogP contribution in [-0.4, -0.2) is 11.9 Å². The van der Waals surface area contributed by atoms with Crippen LogP contribution in [0.2, 0.25) is 0 Å². The fourth-order valence-corrected chi connectivity index (χ4v) is 0.970. The van der Waals surface area contributed by atoms with Gasteiger partial charge in [-0.3, -0.25) is 4.79 Å². The number of carbonyl (C=O) groups is 2. The Hall–Kier alpha value is -2.36. The van der Waals surface area contributed by atoms with E-state index in [9.17, 15) is 9.59 Å². The fourth-order valence-electron chi connectivity index (χ4n) is 0.970. The number of benzene rings is 1. The zero-order valence-corrected chi connectivity index (χ0v) is 12.1. The van der Waals surface area contributed by atoms with Gasteiger partial charge in [0, 0.05) is 0 Å². The van der Waals surface area contributed by atoms with Crippen LogP contribution in [0.15, 0.2) is 56.0 Å². The molecular formula is C16H20O4. The van der Waals surface area contributed by atoms with Gasteiger partial charge in [0.25, 0.3) is 0 Å². The van der Waals surface area contributed by atoms with E-state index in [0.717, 1.165) is 12.5 Å². The van der Waals surface area contributed by atoms with Crippen molar-refractivity contribution < 1.29 is 19.1 Å². The van der Waals surface area contributed by atoms with Gasteiger partial charge < -0.3 is 9.47 Å². The predicted molar refractivity (Wildman–Crippen MR) is 77.8 cm³/mol. The van der Waals surface area contributed by atoms with Gasteiger partial charge in [-0.25, -0.2) is 4.79 Å². The second-order valence-corrected chi connectivity index (χ2v) is 4.76. The minimum absolute atomic E-state index is 0.252.